The molecule has 2 N–H and O–H groups in total. The van der Waals surface area contributed by atoms with Crippen molar-refractivity contribution in [1.82, 2.24) is 10.3 Å². The third-order valence-electron chi connectivity index (χ3n) is 4.71. The van der Waals surface area contributed by atoms with Gasteiger partial charge >= 0.3 is 0 Å². The fourth-order valence-corrected chi connectivity index (χ4v) is 3.81. The van der Waals surface area contributed by atoms with Gasteiger partial charge in [-0.15, -0.1) is 11.3 Å². The van der Waals surface area contributed by atoms with Gasteiger partial charge in [0.15, 0.2) is 0 Å². The highest BCUT2D eigenvalue weighted by Crippen LogP contribution is 2.23. The van der Waals surface area contributed by atoms with Crippen molar-refractivity contribution in [3.63, 3.8) is 0 Å². The Bertz CT molecular complexity index is 632. The lowest BCUT2D eigenvalue weighted by molar-refractivity contribution is 0.145. The molecule has 1 aromatic carbocycles. The highest BCUT2D eigenvalue weighted by atomic mass is 32.1. The first-order valence-corrected chi connectivity index (χ1v) is 9.73. The Morgan fingerprint density at radius 3 is 2.62 bits per heavy atom. The topological polar surface area (TPSA) is 48.4 Å². The van der Waals surface area contributed by atoms with Crippen LogP contribution in [0.3, 0.4) is 0 Å². The van der Waals surface area contributed by atoms with Gasteiger partial charge in [0.2, 0.25) is 0 Å². The summed E-state index contributed by atoms with van der Waals surface area (Å²) in [7, 11) is 0. The lowest BCUT2D eigenvalue weighted by Gasteiger charge is -2.31. The molecule has 5 heteroatoms. The summed E-state index contributed by atoms with van der Waals surface area (Å²) in [5.74, 6) is 0. The fraction of sp³-hybridized carbons (Fsp3) is 0.526. The molecule has 1 fully saturated rings. The normalized spacial score (nSPS) is 17.2. The van der Waals surface area contributed by atoms with Crippen LogP contribution in [0.15, 0.2) is 29.6 Å². The van der Waals surface area contributed by atoms with Crippen LogP contribution < -0.4 is 10.2 Å². The van der Waals surface area contributed by atoms with Gasteiger partial charge in [-0.25, -0.2) is 4.98 Å². The molecule has 0 bridgehead atoms. The number of aliphatic hydroxyl groups is 1. The third-order valence-corrected chi connectivity index (χ3v) is 5.76. The summed E-state index contributed by atoms with van der Waals surface area (Å²) in [5, 5.41) is 16.5. The van der Waals surface area contributed by atoms with Gasteiger partial charge < -0.3 is 15.3 Å². The van der Waals surface area contributed by atoms with Gasteiger partial charge in [0.25, 0.3) is 0 Å². The number of thiazole rings is 1. The van der Waals surface area contributed by atoms with Crippen molar-refractivity contribution in [2.45, 2.75) is 51.8 Å². The number of nitrogens with zero attached hydrogens (tertiary/aromatic N) is 2. The number of aryl methyl sites for hydroxylation is 1. The van der Waals surface area contributed by atoms with Crippen LogP contribution >= 0.6 is 11.3 Å². The van der Waals surface area contributed by atoms with E-state index >= 15 is 0 Å². The molecule has 0 aliphatic carbocycles. The number of hydrogen-bond donors (Lipinski definition) is 2. The van der Waals surface area contributed by atoms with Gasteiger partial charge in [-0.05, 0) is 43.9 Å². The van der Waals surface area contributed by atoms with E-state index in [0.717, 1.165) is 44.6 Å². The van der Waals surface area contributed by atoms with E-state index in [1.807, 2.05) is 0 Å². The molecule has 0 saturated carbocycles. The average molecular weight is 346 g/mol. The molecule has 1 saturated heterocycles. The molecule has 1 unspecified atom stereocenters. The molecule has 4 nitrogen and oxygen atoms in total. The van der Waals surface area contributed by atoms with Crippen LogP contribution in [-0.4, -0.2) is 29.3 Å². The average Bonchev–Trinajstić information content (AvgIpc) is 3.09. The van der Waals surface area contributed by atoms with E-state index in [1.165, 1.54) is 16.3 Å². The van der Waals surface area contributed by atoms with Gasteiger partial charge in [-0.1, -0.05) is 19.1 Å². The van der Waals surface area contributed by atoms with Crippen LogP contribution in [0.4, 0.5) is 5.69 Å². The second-order valence-corrected chi connectivity index (χ2v) is 7.44. The molecule has 2 aromatic rings. The molecule has 130 valence electrons. The first-order chi connectivity index (χ1) is 11.7. The molecule has 1 aliphatic heterocycles. The summed E-state index contributed by atoms with van der Waals surface area (Å²) in [6, 6.07) is 9.11. The zero-order valence-corrected chi connectivity index (χ0v) is 15.4. The zero-order valence-electron chi connectivity index (χ0n) is 14.5. The number of benzene rings is 1. The van der Waals surface area contributed by atoms with Crippen LogP contribution in [0.5, 0.6) is 0 Å². The Balaban J connectivity index is 1.54. The monoisotopic (exact) mass is 345 g/mol. The van der Waals surface area contributed by atoms with E-state index in [1.54, 1.807) is 11.3 Å². The van der Waals surface area contributed by atoms with Crippen LogP contribution in [0.2, 0.25) is 0 Å². The first-order valence-electron chi connectivity index (χ1n) is 8.85. The van der Waals surface area contributed by atoms with E-state index in [9.17, 15) is 5.11 Å². The van der Waals surface area contributed by atoms with Crippen LogP contribution in [0, 0.1) is 0 Å². The van der Waals surface area contributed by atoms with Crippen molar-refractivity contribution in [1.29, 1.82) is 0 Å². The number of hydrogen-bond acceptors (Lipinski definition) is 5. The van der Waals surface area contributed by atoms with Crippen molar-refractivity contribution >= 4 is 17.0 Å². The Morgan fingerprint density at radius 1 is 1.29 bits per heavy atom. The lowest BCUT2D eigenvalue weighted by atomic mass is 10.0. The summed E-state index contributed by atoms with van der Waals surface area (Å²) in [5.41, 5.74) is 3.68. The fourth-order valence-electron chi connectivity index (χ4n) is 3.07. The Labute approximate surface area is 148 Å². The summed E-state index contributed by atoms with van der Waals surface area (Å²) in [6.07, 6.45) is 2.62. The largest absolute Gasteiger partial charge is 0.393 e. The maximum absolute atomic E-state index is 9.62. The summed E-state index contributed by atoms with van der Waals surface area (Å²) < 4.78 is 0. The number of aliphatic hydroxyl groups excluding tert-OH is 1. The maximum atomic E-state index is 9.62. The predicted octanol–water partition coefficient (Wildman–Crippen LogP) is 3.52. The molecule has 3 rings (SSSR count). The summed E-state index contributed by atoms with van der Waals surface area (Å²) in [6.45, 7) is 7.03. The Morgan fingerprint density at radius 2 is 2.00 bits per heavy atom. The molecule has 0 radical (unpaired) electrons. The van der Waals surface area contributed by atoms with Crippen molar-refractivity contribution in [2.24, 2.45) is 0 Å². The molecular weight excluding hydrogens is 318 g/mol. The molecule has 1 aliphatic rings. The minimum atomic E-state index is -0.122. The summed E-state index contributed by atoms with van der Waals surface area (Å²) >= 11 is 1.74. The highest BCUT2D eigenvalue weighted by molar-refractivity contribution is 7.09. The van der Waals surface area contributed by atoms with E-state index in [4.69, 9.17) is 0 Å². The Kier molecular flexibility index (Phi) is 5.87. The number of aromatic nitrogens is 1. The molecule has 24 heavy (non-hydrogen) atoms. The van der Waals surface area contributed by atoms with E-state index in [0.29, 0.717) is 6.04 Å². The van der Waals surface area contributed by atoms with Crippen molar-refractivity contribution in [3.8, 4) is 0 Å². The first kappa shape index (κ1) is 17.4. The van der Waals surface area contributed by atoms with E-state index in [2.05, 4.69) is 58.7 Å². The quantitative estimate of drug-likeness (QED) is 0.841. The zero-order chi connectivity index (χ0) is 16.9. The van der Waals surface area contributed by atoms with Crippen LogP contribution in [0.25, 0.3) is 0 Å². The standard InChI is InChI=1S/C19H27N3OS/c1-3-19-21-16(13-24-19)12-20-14(2)15-4-6-17(7-5-15)22-10-8-18(23)9-11-22/h4-7,13-14,18,20,23H,3,8-12H2,1-2H3. The molecule has 1 atom stereocenters. The molecule has 2 heterocycles. The maximum Gasteiger partial charge on any atom is 0.0926 e. The number of rotatable bonds is 6. The Hall–Kier alpha value is -1.43. The van der Waals surface area contributed by atoms with Gasteiger partial charge in [-0.3, -0.25) is 0 Å². The minimum absolute atomic E-state index is 0.122. The van der Waals surface area contributed by atoms with E-state index in [-0.39, 0.29) is 6.10 Å². The lowest BCUT2D eigenvalue weighted by Crippen LogP contribution is -2.35. The van der Waals surface area contributed by atoms with Crippen molar-refractivity contribution in [3.05, 3.63) is 45.9 Å². The molecular formula is C19H27N3OS. The van der Waals surface area contributed by atoms with Gasteiger partial charge in [0, 0.05) is 36.7 Å². The van der Waals surface area contributed by atoms with Gasteiger partial charge in [0.05, 0.1) is 16.8 Å². The van der Waals surface area contributed by atoms with Crippen molar-refractivity contribution in [2.75, 3.05) is 18.0 Å². The SMILES string of the molecule is CCc1nc(CNC(C)c2ccc(N3CCC(O)CC3)cc2)cs1. The van der Waals surface area contributed by atoms with E-state index < -0.39 is 0 Å². The van der Waals surface area contributed by atoms with Gasteiger partial charge in [-0.2, -0.15) is 0 Å². The molecule has 0 spiro atoms. The minimum Gasteiger partial charge on any atom is -0.393 e. The molecule has 1 aromatic heterocycles. The smallest absolute Gasteiger partial charge is 0.0926 e. The predicted molar refractivity (Wildman–Crippen MR) is 101 cm³/mol. The van der Waals surface area contributed by atoms with Crippen LogP contribution in [0.1, 0.15) is 49.0 Å². The number of anilines is 1. The third kappa shape index (κ3) is 4.35. The highest BCUT2D eigenvalue weighted by Gasteiger charge is 2.17. The van der Waals surface area contributed by atoms with Crippen molar-refractivity contribution < 1.29 is 5.11 Å². The number of nitrogens with one attached hydrogen (secondary N) is 1. The van der Waals surface area contributed by atoms with Crippen LogP contribution in [-0.2, 0) is 13.0 Å². The number of piperidine rings is 1. The summed E-state index contributed by atoms with van der Waals surface area (Å²) in [4.78, 5) is 6.96. The second-order valence-electron chi connectivity index (χ2n) is 6.50. The van der Waals surface area contributed by atoms with Gasteiger partial charge in [0.1, 0.15) is 0 Å². The second kappa shape index (κ2) is 8.10. The molecule has 0 amide bonds.